The highest BCUT2D eigenvalue weighted by Gasteiger charge is 2.17. The van der Waals surface area contributed by atoms with Crippen molar-refractivity contribution in [1.29, 1.82) is 0 Å². The van der Waals surface area contributed by atoms with Crippen molar-refractivity contribution >= 4 is 6.09 Å². The SMILES string of the molecule is CC(CC[C@@H](C)NC(=O)OC(C)(C)C)Cc1ccc(O)cc1. The van der Waals surface area contributed by atoms with Crippen LogP contribution in [0.2, 0.25) is 0 Å². The summed E-state index contributed by atoms with van der Waals surface area (Å²) in [5.41, 5.74) is 0.758. The molecular formula is C18H29NO3. The van der Waals surface area contributed by atoms with Gasteiger partial charge < -0.3 is 15.2 Å². The van der Waals surface area contributed by atoms with E-state index in [-0.39, 0.29) is 12.1 Å². The van der Waals surface area contributed by atoms with Gasteiger partial charge in [0.05, 0.1) is 0 Å². The highest BCUT2D eigenvalue weighted by Crippen LogP contribution is 2.17. The van der Waals surface area contributed by atoms with Crippen LogP contribution in [0.25, 0.3) is 0 Å². The third-order valence-electron chi connectivity index (χ3n) is 3.38. The summed E-state index contributed by atoms with van der Waals surface area (Å²) >= 11 is 0. The van der Waals surface area contributed by atoms with Crippen molar-refractivity contribution in [2.75, 3.05) is 0 Å². The van der Waals surface area contributed by atoms with Crippen molar-refractivity contribution < 1.29 is 14.6 Å². The average molecular weight is 307 g/mol. The Kier molecular flexibility index (Phi) is 6.72. The molecule has 0 aromatic heterocycles. The van der Waals surface area contributed by atoms with Crippen LogP contribution in [0.1, 0.15) is 53.0 Å². The second-order valence-corrected chi connectivity index (χ2v) is 7.10. The zero-order valence-electron chi connectivity index (χ0n) is 14.3. The van der Waals surface area contributed by atoms with Crippen molar-refractivity contribution in [2.45, 2.75) is 65.5 Å². The minimum Gasteiger partial charge on any atom is -0.508 e. The standard InChI is InChI=1S/C18H29NO3/c1-13(12-15-8-10-16(20)11-9-15)6-7-14(2)19-17(21)22-18(3,4)5/h8-11,13-14,20H,6-7,12H2,1-5H3,(H,19,21)/t13?,14-/m1/s1. The number of amides is 1. The van der Waals surface area contributed by atoms with E-state index in [2.05, 4.69) is 12.2 Å². The molecule has 22 heavy (non-hydrogen) atoms. The molecule has 0 saturated carbocycles. The summed E-state index contributed by atoms with van der Waals surface area (Å²) < 4.78 is 5.25. The summed E-state index contributed by atoms with van der Waals surface area (Å²) in [7, 11) is 0. The summed E-state index contributed by atoms with van der Waals surface area (Å²) in [6.45, 7) is 9.77. The van der Waals surface area contributed by atoms with E-state index < -0.39 is 5.60 Å². The molecule has 1 aromatic carbocycles. The van der Waals surface area contributed by atoms with E-state index in [1.807, 2.05) is 39.8 Å². The molecule has 4 nitrogen and oxygen atoms in total. The number of carbonyl (C=O) groups is 1. The maximum atomic E-state index is 11.7. The molecule has 124 valence electrons. The Hall–Kier alpha value is -1.71. The topological polar surface area (TPSA) is 58.6 Å². The Morgan fingerprint density at radius 3 is 2.32 bits per heavy atom. The number of ether oxygens (including phenoxy) is 1. The van der Waals surface area contributed by atoms with Gasteiger partial charge in [-0.3, -0.25) is 0 Å². The van der Waals surface area contributed by atoms with Gasteiger partial charge in [0.2, 0.25) is 0 Å². The largest absolute Gasteiger partial charge is 0.508 e. The van der Waals surface area contributed by atoms with Crippen LogP contribution in [0.5, 0.6) is 5.75 Å². The van der Waals surface area contributed by atoms with Gasteiger partial charge in [-0.1, -0.05) is 19.1 Å². The van der Waals surface area contributed by atoms with Crippen LogP contribution in [0.4, 0.5) is 4.79 Å². The molecule has 2 atom stereocenters. The van der Waals surface area contributed by atoms with Crippen LogP contribution in [0.15, 0.2) is 24.3 Å². The number of aromatic hydroxyl groups is 1. The number of phenols is 1. The number of nitrogens with one attached hydrogen (secondary N) is 1. The third kappa shape index (κ3) is 7.91. The lowest BCUT2D eigenvalue weighted by Crippen LogP contribution is -2.37. The normalized spacial score (nSPS) is 14.2. The van der Waals surface area contributed by atoms with E-state index in [0.717, 1.165) is 19.3 Å². The number of carbonyl (C=O) groups excluding carboxylic acids is 1. The molecule has 0 radical (unpaired) electrons. The van der Waals surface area contributed by atoms with Crippen molar-refractivity contribution in [3.05, 3.63) is 29.8 Å². The Balaban J connectivity index is 2.29. The predicted molar refractivity (Wildman–Crippen MR) is 89.0 cm³/mol. The summed E-state index contributed by atoms with van der Waals surface area (Å²) in [6, 6.07) is 7.43. The van der Waals surface area contributed by atoms with E-state index in [9.17, 15) is 9.90 Å². The Morgan fingerprint density at radius 2 is 1.77 bits per heavy atom. The third-order valence-corrected chi connectivity index (χ3v) is 3.38. The number of hydrogen-bond donors (Lipinski definition) is 2. The number of benzene rings is 1. The molecular weight excluding hydrogens is 278 g/mol. The van der Waals surface area contributed by atoms with Crippen molar-refractivity contribution in [1.82, 2.24) is 5.32 Å². The molecule has 1 rings (SSSR count). The molecule has 1 aromatic rings. The van der Waals surface area contributed by atoms with Crippen LogP contribution >= 0.6 is 0 Å². The maximum absolute atomic E-state index is 11.7. The lowest BCUT2D eigenvalue weighted by molar-refractivity contribution is 0.0505. The first-order valence-electron chi connectivity index (χ1n) is 7.93. The molecule has 1 amide bonds. The molecule has 0 saturated heterocycles. The van der Waals surface area contributed by atoms with Crippen LogP contribution in [0, 0.1) is 5.92 Å². The average Bonchev–Trinajstić information content (AvgIpc) is 2.37. The fourth-order valence-corrected chi connectivity index (χ4v) is 2.25. The maximum Gasteiger partial charge on any atom is 0.407 e. The van der Waals surface area contributed by atoms with Crippen LogP contribution < -0.4 is 5.32 Å². The Morgan fingerprint density at radius 1 is 1.18 bits per heavy atom. The minimum atomic E-state index is -0.462. The lowest BCUT2D eigenvalue weighted by atomic mass is 9.95. The Bertz CT molecular complexity index is 462. The highest BCUT2D eigenvalue weighted by atomic mass is 16.6. The van der Waals surface area contributed by atoms with E-state index in [1.54, 1.807) is 12.1 Å². The van der Waals surface area contributed by atoms with Crippen LogP contribution in [-0.4, -0.2) is 22.8 Å². The Labute approximate surface area is 133 Å². The summed E-state index contributed by atoms with van der Waals surface area (Å²) in [5, 5.41) is 12.1. The smallest absolute Gasteiger partial charge is 0.407 e. The summed E-state index contributed by atoms with van der Waals surface area (Å²) in [5.74, 6) is 0.819. The summed E-state index contributed by atoms with van der Waals surface area (Å²) in [4.78, 5) is 11.7. The zero-order chi connectivity index (χ0) is 16.8. The quantitative estimate of drug-likeness (QED) is 0.825. The van der Waals surface area contributed by atoms with Crippen LogP contribution in [-0.2, 0) is 11.2 Å². The number of alkyl carbamates (subject to hydrolysis) is 1. The molecule has 0 spiro atoms. The van der Waals surface area contributed by atoms with Gasteiger partial charge >= 0.3 is 6.09 Å². The van der Waals surface area contributed by atoms with E-state index in [4.69, 9.17) is 4.74 Å². The first-order valence-corrected chi connectivity index (χ1v) is 7.93. The van der Waals surface area contributed by atoms with Crippen molar-refractivity contribution in [3.8, 4) is 5.75 Å². The minimum absolute atomic E-state index is 0.0946. The van der Waals surface area contributed by atoms with E-state index in [0.29, 0.717) is 11.7 Å². The first kappa shape index (κ1) is 18.3. The monoisotopic (exact) mass is 307 g/mol. The molecule has 0 aliphatic rings. The molecule has 1 unspecified atom stereocenters. The summed E-state index contributed by atoms with van der Waals surface area (Å²) in [6.07, 6.45) is 2.56. The molecule has 2 N–H and O–H groups in total. The molecule has 0 aliphatic heterocycles. The van der Waals surface area contributed by atoms with Gasteiger partial charge in [-0.05, 0) is 70.6 Å². The van der Waals surface area contributed by atoms with Gasteiger partial charge in [0.25, 0.3) is 0 Å². The molecule has 4 heteroatoms. The van der Waals surface area contributed by atoms with Gasteiger partial charge in [-0.25, -0.2) is 4.79 Å². The van der Waals surface area contributed by atoms with Crippen molar-refractivity contribution in [2.24, 2.45) is 5.92 Å². The van der Waals surface area contributed by atoms with Gasteiger partial charge in [-0.15, -0.1) is 0 Å². The molecule has 0 fully saturated rings. The first-order chi connectivity index (χ1) is 10.2. The second kappa shape index (κ2) is 8.06. The molecule has 0 bridgehead atoms. The van der Waals surface area contributed by atoms with Gasteiger partial charge in [0.15, 0.2) is 0 Å². The number of rotatable bonds is 6. The number of phenolic OH excluding ortho intramolecular Hbond substituents is 1. The van der Waals surface area contributed by atoms with Gasteiger partial charge in [0.1, 0.15) is 11.4 Å². The van der Waals surface area contributed by atoms with Crippen LogP contribution in [0.3, 0.4) is 0 Å². The van der Waals surface area contributed by atoms with E-state index in [1.165, 1.54) is 5.56 Å². The highest BCUT2D eigenvalue weighted by molar-refractivity contribution is 5.67. The van der Waals surface area contributed by atoms with Gasteiger partial charge in [0, 0.05) is 6.04 Å². The number of hydrogen-bond acceptors (Lipinski definition) is 3. The second-order valence-electron chi connectivity index (χ2n) is 7.10. The van der Waals surface area contributed by atoms with Gasteiger partial charge in [-0.2, -0.15) is 0 Å². The zero-order valence-corrected chi connectivity index (χ0v) is 14.3. The molecule has 0 heterocycles. The van der Waals surface area contributed by atoms with Crippen molar-refractivity contribution in [3.63, 3.8) is 0 Å². The lowest BCUT2D eigenvalue weighted by Gasteiger charge is -2.22. The van der Waals surface area contributed by atoms with E-state index >= 15 is 0 Å². The predicted octanol–water partition coefficient (Wildman–Crippen LogP) is 4.26. The fraction of sp³-hybridized carbons (Fsp3) is 0.611. The molecule has 0 aliphatic carbocycles. The fourth-order valence-electron chi connectivity index (χ4n) is 2.25.